The van der Waals surface area contributed by atoms with Gasteiger partial charge >= 0.3 is 0 Å². The fourth-order valence-corrected chi connectivity index (χ4v) is 1.57. The molecular formula is C13H19N3. The number of allylic oxidation sites excluding steroid dienone is 2. The highest BCUT2D eigenvalue weighted by Crippen LogP contribution is 2.12. The number of nitrogens with zero attached hydrogens (tertiary/aromatic N) is 1. The Morgan fingerprint density at radius 2 is 2.00 bits per heavy atom. The Balaban J connectivity index is 3.03. The first-order valence-electron chi connectivity index (χ1n) is 5.26. The quantitative estimate of drug-likeness (QED) is 0.758. The lowest BCUT2D eigenvalue weighted by atomic mass is 10.0. The van der Waals surface area contributed by atoms with Gasteiger partial charge in [-0.25, -0.2) is 0 Å². The Kier molecular flexibility index (Phi) is 4.26. The normalized spacial score (nSPS) is 11.9. The van der Waals surface area contributed by atoms with E-state index in [0.717, 1.165) is 17.7 Å². The molecule has 1 rings (SSSR count). The van der Waals surface area contributed by atoms with E-state index in [1.165, 1.54) is 0 Å². The summed E-state index contributed by atoms with van der Waals surface area (Å²) in [5, 5.41) is 7.97. The lowest BCUT2D eigenvalue weighted by molar-refractivity contribution is 0.402. The first kappa shape index (κ1) is 12.5. The zero-order valence-corrected chi connectivity index (χ0v) is 10.1. The van der Waals surface area contributed by atoms with Crippen molar-refractivity contribution in [3.05, 3.63) is 47.2 Å². The number of hydrogen-bond donors (Lipinski definition) is 2. The van der Waals surface area contributed by atoms with Crippen LogP contribution in [-0.4, -0.2) is 24.7 Å². The van der Waals surface area contributed by atoms with Gasteiger partial charge in [0.05, 0.1) is 5.71 Å². The number of hydrogen-bond acceptors (Lipinski definition) is 3. The zero-order chi connectivity index (χ0) is 12.1. The summed E-state index contributed by atoms with van der Waals surface area (Å²) in [5.41, 5.74) is 8.81. The average molecular weight is 217 g/mol. The summed E-state index contributed by atoms with van der Waals surface area (Å²) in [5.74, 6) is 0. The molecule has 0 unspecified atom stereocenters. The number of rotatable bonds is 4. The van der Waals surface area contributed by atoms with Crippen LogP contribution in [0.15, 0.2) is 36.0 Å². The molecule has 0 radical (unpaired) electrons. The van der Waals surface area contributed by atoms with Crippen LogP contribution in [0.25, 0.3) is 0 Å². The van der Waals surface area contributed by atoms with Crippen LogP contribution in [0.2, 0.25) is 0 Å². The minimum atomic E-state index is 0.470. The summed E-state index contributed by atoms with van der Waals surface area (Å²) >= 11 is 0. The van der Waals surface area contributed by atoms with Crippen LogP contribution in [0.1, 0.15) is 18.1 Å². The number of nitrogens with one attached hydrogen (secondary N) is 1. The lowest BCUT2D eigenvalue weighted by Gasteiger charge is -2.13. The minimum Gasteiger partial charge on any atom is -0.402 e. The number of benzene rings is 1. The largest absolute Gasteiger partial charge is 0.402 e. The van der Waals surface area contributed by atoms with Gasteiger partial charge in [0.1, 0.15) is 0 Å². The van der Waals surface area contributed by atoms with Crippen LogP contribution < -0.4 is 5.73 Å². The van der Waals surface area contributed by atoms with Crippen LogP contribution in [0.4, 0.5) is 0 Å². The molecule has 0 heterocycles. The summed E-state index contributed by atoms with van der Waals surface area (Å²) in [4.78, 5) is 2.09. The zero-order valence-electron chi connectivity index (χ0n) is 10.1. The van der Waals surface area contributed by atoms with Crippen molar-refractivity contribution >= 4 is 5.71 Å². The van der Waals surface area contributed by atoms with E-state index in [4.69, 9.17) is 11.1 Å². The van der Waals surface area contributed by atoms with Crippen LogP contribution in [0.5, 0.6) is 0 Å². The van der Waals surface area contributed by atoms with E-state index in [-0.39, 0.29) is 0 Å². The SMILES string of the molecule is C/C(N)=C\C(=N)c1ccccc1CN(C)C. The highest BCUT2D eigenvalue weighted by atomic mass is 15.0. The summed E-state index contributed by atoms with van der Waals surface area (Å²) in [6.45, 7) is 2.62. The second kappa shape index (κ2) is 5.47. The first-order valence-corrected chi connectivity index (χ1v) is 5.26. The van der Waals surface area contributed by atoms with E-state index in [0.29, 0.717) is 11.4 Å². The molecule has 0 atom stereocenters. The maximum atomic E-state index is 7.97. The Morgan fingerprint density at radius 3 is 2.56 bits per heavy atom. The maximum Gasteiger partial charge on any atom is 0.0632 e. The van der Waals surface area contributed by atoms with Crippen molar-refractivity contribution in [3.8, 4) is 0 Å². The van der Waals surface area contributed by atoms with Crippen LogP contribution in [-0.2, 0) is 6.54 Å². The van der Waals surface area contributed by atoms with Gasteiger partial charge in [-0.3, -0.25) is 0 Å². The minimum absolute atomic E-state index is 0.470. The van der Waals surface area contributed by atoms with Crippen molar-refractivity contribution in [1.82, 2.24) is 4.90 Å². The Morgan fingerprint density at radius 1 is 1.38 bits per heavy atom. The summed E-state index contributed by atoms with van der Waals surface area (Å²) in [6.07, 6.45) is 1.69. The van der Waals surface area contributed by atoms with Crippen LogP contribution in [0.3, 0.4) is 0 Å². The van der Waals surface area contributed by atoms with E-state index >= 15 is 0 Å². The molecule has 1 aromatic rings. The topological polar surface area (TPSA) is 53.1 Å². The predicted molar refractivity (Wildman–Crippen MR) is 68.6 cm³/mol. The molecule has 3 nitrogen and oxygen atoms in total. The molecule has 0 spiro atoms. The molecule has 0 saturated heterocycles. The van der Waals surface area contributed by atoms with Gasteiger partial charge in [-0.1, -0.05) is 24.3 Å². The van der Waals surface area contributed by atoms with Gasteiger partial charge < -0.3 is 16.0 Å². The standard InChI is InChI=1S/C13H19N3/c1-10(14)8-13(15)12-7-5-4-6-11(12)9-16(2)3/h4-8,15H,9,14H2,1-3H3/b10-8+,15-13?. The third-order valence-corrected chi connectivity index (χ3v) is 2.17. The summed E-state index contributed by atoms with van der Waals surface area (Å²) < 4.78 is 0. The van der Waals surface area contributed by atoms with E-state index in [2.05, 4.69) is 4.90 Å². The molecule has 0 aliphatic rings. The van der Waals surface area contributed by atoms with Gasteiger partial charge in [-0.2, -0.15) is 0 Å². The smallest absolute Gasteiger partial charge is 0.0632 e. The maximum absolute atomic E-state index is 7.97. The van der Waals surface area contributed by atoms with Gasteiger partial charge in [0.2, 0.25) is 0 Å². The summed E-state index contributed by atoms with van der Waals surface area (Å²) in [6, 6.07) is 7.95. The molecule has 3 heteroatoms. The van der Waals surface area contributed by atoms with Gasteiger partial charge in [-0.15, -0.1) is 0 Å². The molecule has 1 aromatic carbocycles. The third-order valence-electron chi connectivity index (χ3n) is 2.17. The third kappa shape index (κ3) is 3.51. The van der Waals surface area contributed by atoms with Gasteiger partial charge in [0.15, 0.2) is 0 Å². The molecular weight excluding hydrogens is 198 g/mol. The fourth-order valence-electron chi connectivity index (χ4n) is 1.57. The molecule has 0 saturated carbocycles. The number of nitrogens with two attached hydrogens (primary N) is 1. The average Bonchev–Trinajstić information content (AvgIpc) is 2.16. The van der Waals surface area contributed by atoms with Gasteiger partial charge in [-0.05, 0) is 32.7 Å². The molecule has 16 heavy (non-hydrogen) atoms. The molecule has 0 aliphatic carbocycles. The van der Waals surface area contributed by atoms with E-state index in [1.807, 2.05) is 38.4 Å². The van der Waals surface area contributed by atoms with E-state index in [9.17, 15) is 0 Å². The van der Waals surface area contributed by atoms with Crippen molar-refractivity contribution in [2.24, 2.45) is 5.73 Å². The highest BCUT2D eigenvalue weighted by molar-refractivity contribution is 6.07. The van der Waals surface area contributed by atoms with Gasteiger partial charge in [0.25, 0.3) is 0 Å². The van der Waals surface area contributed by atoms with E-state index < -0.39 is 0 Å². The molecule has 0 bridgehead atoms. The van der Waals surface area contributed by atoms with Crippen molar-refractivity contribution in [2.75, 3.05) is 14.1 Å². The molecule has 0 aromatic heterocycles. The van der Waals surface area contributed by atoms with Crippen LogP contribution in [0, 0.1) is 5.41 Å². The van der Waals surface area contributed by atoms with Crippen molar-refractivity contribution < 1.29 is 0 Å². The molecule has 0 amide bonds. The summed E-state index contributed by atoms with van der Waals surface area (Å²) in [7, 11) is 4.04. The predicted octanol–water partition coefficient (Wildman–Crippen LogP) is 1.98. The Labute approximate surface area is 97.1 Å². The fraction of sp³-hybridized carbons (Fsp3) is 0.308. The second-order valence-corrected chi connectivity index (χ2v) is 4.20. The van der Waals surface area contributed by atoms with Crippen LogP contribution >= 0.6 is 0 Å². The highest BCUT2D eigenvalue weighted by Gasteiger charge is 2.06. The monoisotopic (exact) mass is 217 g/mol. The van der Waals surface area contributed by atoms with Crippen molar-refractivity contribution in [1.29, 1.82) is 5.41 Å². The molecule has 0 fully saturated rings. The Bertz CT molecular complexity index is 401. The molecule has 3 N–H and O–H groups in total. The lowest BCUT2D eigenvalue weighted by Crippen LogP contribution is -2.14. The van der Waals surface area contributed by atoms with Crippen molar-refractivity contribution in [3.63, 3.8) is 0 Å². The molecule has 86 valence electrons. The second-order valence-electron chi connectivity index (χ2n) is 4.20. The Hall–Kier alpha value is -1.61. The molecule has 0 aliphatic heterocycles. The first-order chi connectivity index (χ1) is 7.50. The van der Waals surface area contributed by atoms with Crippen molar-refractivity contribution in [2.45, 2.75) is 13.5 Å². The van der Waals surface area contributed by atoms with Gasteiger partial charge in [0, 0.05) is 17.8 Å². The van der Waals surface area contributed by atoms with E-state index in [1.54, 1.807) is 13.0 Å².